The molecule has 0 aliphatic rings. The lowest BCUT2D eigenvalue weighted by Crippen LogP contribution is -2.39. The molecule has 0 saturated carbocycles. The Bertz CT molecular complexity index is 1040. The van der Waals surface area contributed by atoms with E-state index in [2.05, 4.69) is 10.5 Å². The van der Waals surface area contributed by atoms with Crippen LogP contribution in [0.3, 0.4) is 0 Å². The summed E-state index contributed by atoms with van der Waals surface area (Å²) in [4.78, 5) is 27.3. The molecule has 3 aromatic rings. The molecule has 1 N–H and O–H groups in total. The number of carbonyl (C=O) groups is 2. The fourth-order valence-corrected chi connectivity index (χ4v) is 3.50. The van der Waals surface area contributed by atoms with Crippen molar-refractivity contribution in [3.05, 3.63) is 88.6 Å². The minimum Gasteiger partial charge on any atom is -0.359 e. The number of hydrogen-bond donors (Lipinski definition) is 1. The van der Waals surface area contributed by atoms with Crippen LogP contribution in [0.5, 0.6) is 0 Å². The van der Waals surface area contributed by atoms with Crippen LogP contribution >= 0.6 is 0 Å². The van der Waals surface area contributed by atoms with Crippen molar-refractivity contribution in [2.45, 2.75) is 52.7 Å². The Kier molecular flexibility index (Phi) is 7.76. The second-order valence-electron chi connectivity index (χ2n) is 7.76. The fourth-order valence-electron chi connectivity index (χ4n) is 3.50. The Morgan fingerprint density at radius 1 is 1.06 bits per heavy atom. The van der Waals surface area contributed by atoms with Crippen molar-refractivity contribution < 1.29 is 18.5 Å². The van der Waals surface area contributed by atoms with Crippen LogP contribution in [0.15, 0.2) is 59.1 Å². The molecule has 1 heterocycles. The van der Waals surface area contributed by atoms with Gasteiger partial charge in [-0.25, -0.2) is 4.39 Å². The number of aromatic nitrogens is 1. The molecule has 7 heteroatoms. The number of nitrogens with one attached hydrogen (secondary N) is 1. The number of benzene rings is 2. The molecule has 0 unspecified atom stereocenters. The number of halogens is 1. The molecular weight excluding hydrogens is 409 g/mol. The molecule has 1 aromatic heterocycles. The van der Waals surface area contributed by atoms with Gasteiger partial charge in [0, 0.05) is 24.2 Å². The van der Waals surface area contributed by atoms with E-state index in [1.165, 1.54) is 24.3 Å². The minimum absolute atomic E-state index is 0.0310. The Labute approximate surface area is 187 Å². The van der Waals surface area contributed by atoms with Crippen LogP contribution in [0.4, 0.5) is 4.39 Å². The normalized spacial score (nSPS) is 10.9. The maximum absolute atomic E-state index is 13.3. The highest BCUT2D eigenvalue weighted by atomic mass is 19.1. The van der Waals surface area contributed by atoms with Gasteiger partial charge in [0.2, 0.25) is 0 Å². The van der Waals surface area contributed by atoms with Crippen LogP contribution in [0.1, 0.15) is 64.4 Å². The highest BCUT2D eigenvalue weighted by molar-refractivity contribution is 5.94. The zero-order chi connectivity index (χ0) is 23.1. The first-order valence-electron chi connectivity index (χ1n) is 10.8. The summed E-state index contributed by atoms with van der Waals surface area (Å²) in [7, 11) is 0. The van der Waals surface area contributed by atoms with Gasteiger partial charge in [0.1, 0.15) is 5.82 Å². The highest BCUT2D eigenvalue weighted by Gasteiger charge is 2.25. The molecule has 0 atom stereocenters. The smallest absolute Gasteiger partial charge is 0.273 e. The van der Waals surface area contributed by atoms with Gasteiger partial charge in [-0.15, -0.1) is 0 Å². The van der Waals surface area contributed by atoms with Gasteiger partial charge in [0.05, 0.1) is 6.54 Å². The molecule has 2 amide bonds. The van der Waals surface area contributed by atoms with E-state index < -0.39 is 5.82 Å². The summed E-state index contributed by atoms with van der Waals surface area (Å²) in [6.45, 7) is 6.56. The third kappa shape index (κ3) is 5.81. The van der Waals surface area contributed by atoms with E-state index in [1.54, 1.807) is 11.0 Å². The second kappa shape index (κ2) is 10.7. The molecule has 0 saturated heterocycles. The number of nitrogens with zero attached hydrogens (tertiary/aromatic N) is 2. The maximum atomic E-state index is 13.3. The lowest BCUT2D eigenvalue weighted by molar-refractivity contribution is 0.0627. The Morgan fingerprint density at radius 2 is 1.72 bits per heavy atom. The van der Waals surface area contributed by atoms with Crippen molar-refractivity contribution in [1.29, 1.82) is 0 Å². The van der Waals surface area contributed by atoms with Gasteiger partial charge >= 0.3 is 0 Å². The Morgan fingerprint density at radius 3 is 2.34 bits per heavy atom. The minimum atomic E-state index is -0.396. The van der Waals surface area contributed by atoms with Gasteiger partial charge < -0.3 is 14.7 Å². The van der Waals surface area contributed by atoms with Crippen LogP contribution in [-0.4, -0.2) is 27.9 Å². The third-order valence-electron chi connectivity index (χ3n) is 5.43. The topological polar surface area (TPSA) is 75.4 Å². The summed E-state index contributed by atoms with van der Waals surface area (Å²) >= 11 is 0. The van der Waals surface area contributed by atoms with E-state index in [1.807, 2.05) is 45.0 Å². The first-order valence-corrected chi connectivity index (χ1v) is 10.8. The van der Waals surface area contributed by atoms with Crippen LogP contribution in [-0.2, 0) is 13.1 Å². The summed E-state index contributed by atoms with van der Waals surface area (Å²) in [5.41, 5.74) is 2.69. The van der Waals surface area contributed by atoms with E-state index in [-0.39, 0.29) is 30.1 Å². The zero-order valence-corrected chi connectivity index (χ0v) is 18.6. The Balaban J connectivity index is 1.70. The first-order chi connectivity index (χ1) is 15.4. The van der Waals surface area contributed by atoms with Crippen molar-refractivity contribution in [3.63, 3.8) is 0 Å². The predicted molar refractivity (Wildman–Crippen MR) is 119 cm³/mol. The SMILES string of the molecule is CCC(CC)N(Cc1cc(C(=O)NCc2ccc(C)cc2)no1)C(=O)c1ccc(F)cc1. The molecule has 0 aliphatic carbocycles. The lowest BCUT2D eigenvalue weighted by Gasteiger charge is -2.29. The zero-order valence-electron chi connectivity index (χ0n) is 18.6. The molecular formula is C25H28FN3O3. The lowest BCUT2D eigenvalue weighted by atomic mass is 10.1. The monoisotopic (exact) mass is 437 g/mol. The number of aryl methyl sites for hydroxylation is 1. The molecule has 32 heavy (non-hydrogen) atoms. The molecule has 168 valence electrons. The molecule has 0 spiro atoms. The van der Waals surface area contributed by atoms with Crippen LogP contribution in [0.2, 0.25) is 0 Å². The van der Waals surface area contributed by atoms with Gasteiger partial charge in [0.15, 0.2) is 11.5 Å². The van der Waals surface area contributed by atoms with Crippen molar-refractivity contribution in [1.82, 2.24) is 15.4 Å². The molecule has 0 radical (unpaired) electrons. The summed E-state index contributed by atoms with van der Waals surface area (Å²) in [6.07, 6.45) is 1.50. The fraction of sp³-hybridized carbons (Fsp3) is 0.320. The highest BCUT2D eigenvalue weighted by Crippen LogP contribution is 2.19. The van der Waals surface area contributed by atoms with Crippen molar-refractivity contribution in [2.75, 3.05) is 0 Å². The van der Waals surface area contributed by atoms with Gasteiger partial charge in [0.25, 0.3) is 11.8 Å². The molecule has 0 aliphatic heterocycles. The largest absolute Gasteiger partial charge is 0.359 e. The van der Waals surface area contributed by atoms with Crippen molar-refractivity contribution in [2.24, 2.45) is 0 Å². The van der Waals surface area contributed by atoms with Gasteiger partial charge in [-0.3, -0.25) is 9.59 Å². The van der Waals surface area contributed by atoms with Gasteiger partial charge in [-0.1, -0.05) is 48.8 Å². The standard InChI is InChI=1S/C25H28FN3O3/c1-4-21(5-2)29(25(31)19-10-12-20(26)13-11-19)16-22-14-23(28-32-22)24(30)27-15-18-8-6-17(3)7-9-18/h6-14,21H,4-5,15-16H2,1-3H3,(H,27,30). The average molecular weight is 438 g/mol. The van der Waals surface area contributed by atoms with Gasteiger partial charge in [-0.05, 0) is 49.6 Å². The summed E-state index contributed by atoms with van der Waals surface area (Å²) in [5.74, 6) is -0.556. The quantitative estimate of drug-likeness (QED) is 0.518. The predicted octanol–water partition coefficient (Wildman–Crippen LogP) is 4.88. The molecule has 2 aromatic carbocycles. The molecule has 6 nitrogen and oxygen atoms in total. The number of amides is 2. The molecule has 3 rings (SSSR count). The van der Waals surface area contributed by atoms with E-state index in [9.17, 15) is 14.0 Å². The van der Waals surface area contributed by atoms with Crippen molar-refractivity contribution >= 4 is 11.8 Å². The summed E-state index contributed by atoms with van der Waals surface area (Å²) < 4.78 is 18.6. The van der Waals surface area contributed by atoms with Crippen LogP contribution < -0.4 is 5.32 Å². The van der Waals surface area contributed by atoms with E-state index in [0.717, 1.165) is 24.0 Å². The van der Waals surface area contributed by atoms with Crippen LogP contribution in [0.25, 0.3) is 0 Å². The number of carbonyl (C=O) groups excluding carboxylic acids is 2. The average Bonchev–Trinajstić information content (AvgIpc) is 3.27. The first kappa shape index (κ1) is 23.2. The number of hydrogen-bond acceptors (Lipinski definition) is 4. The van der Waals surface area contributed by atoms with Crippen LogP contribution in [0, 0.1) is 12.7 Å². The molecule has 0 bridgehead atoms. The Hall–Kier alpha value is -3.48. The van der Waals surface area contributed by atoms with Gasteiger partial charge in [-0.2, -0.15) is 0 Å². The van der Waals surface area contributed by atoms with E-state index in [4.69, 9.17) is 4.52 Å². The second-order valence-corrected chi connectivity index (χ2v) is 7.76. The summed E-state index contributed by atoms with van der Waals surface area (Å²) in [6, 6.07) is 14.9. The maximum Gasteiger partial charge on any atom is 0.273 e. The third-order valence-corrected chi connectivity index (χ3v) is 5.43. The molecule has 0 fully saturated rings. The number of rotatable bonds is 9. The van der Waals surface area contributed by atoms with E-state index in [0.29, 0.717) is 17.9 Å². The summed E-state index contributed by atoms with van der Waals surface area (Å²) in [5, 5.41) is 6.70. The van der Waals surface area contributed by atoms with E-state index >= 15 is 0 Å². The van der Waals surface area contributed by atoms with Crippen molar-refractivity contribution in [3.8, 4) is 0 Å².